The van der Waals surface area contributed by atoms with Gasteiger partial charge in [0.15, 0.2) is 5.82 Å². The van der Waals surface area contributed by atoms with E-state index in [4.69, 9.17) is 4.74 Å². The minimum absolute atomic E-state index is 0.467. The number of methoxy groups -OCH3 is 1. The van der Waals surface area contributed by atoms with Crippen LogP contribution in [0.2, 0.25) is 0 Å². The Kier molecular flexibility index (Phi) is 4.31. The Hall–Kier alpha value is -1.87. The van der Waals surface area contributed by atoms with Crippen molar-refractivity contribution in [2.75, 3.05) is 20.3 Å². The predicted molar refractivity (Wildman–Crippen MR) is 61.5 cm³/mol. The highest BCUT2D eigenvalue weighted by molar-refractivity contribution is 4.88. The topological polar surface area (TPSA) is 95.6 Å². The van der Waals surface area contributed by atoms with Gasteiger partial charge < -0.3 is 10.1 Å². The number of ether oxygens (including phenoxy) is 1. The Labute approximate surface area is 104 Å². The first-order chi connectivity index (χ1) is 8.79. The van der Waals surface area contributed by atoms with E-state index < -0.39 is 0 Å². The molecule has 9 nitrogen and oxygen atoms in total. The number of tetrazole rings is 1. The lowest BCUT2D eigenvalue weighted by Gasteiger charge is -2.05. The van der Waals surface area contributed by atoms with Crippen molar-refractivity contribution in [3.05, 3.63) is 18.0 Å². The molecule has 18 heavy (non-hydrogen) atoms. The average molecular weight is 252 g/mol. The van der Waals surface area contributed by atoms with E-state index in [2.05, 4.69) is 30.8 Å². The second-order valence-electron chi connectivity index (χ2n) is 3.70. The average Bonchev–Trinajstić information content (AvgIpc) is 2.95. The van der Waals surface area contributed by atoms with Crippen LogP contribution < -0.4 is 5.32 Å². The molecular formula is C9H16N8O. The maximum atomic E-state index is 4.95. The second-order valence-corrected chi connectivity index (χ2v) is 3.70. The summed E-state index contributed by atoms with van der Waals surface area (Å²) in [6.45, 7) is 2.53. The number of hydrogen-bond donors (Lipinski definition) is 1. The Morgan fingerprint density at radius 2 is 2.33 bits per heavy atom. The highest BCUT2D eigenvalue weighted by Gasteiger charge is 2.07. The number of aromatic nitrogens is 7. The van der Waals surface area contributed by atoms with E-state index in [1.165, 1.54) is 11.1 Å². The van der Waals surface area contributed by atoms with Gasteiger partial charge in [-0.2, -0.15) is 9.90 Å². The Morgan fingerprint density at radius 1 is 1.44 bits per heavy atom. The van der Waals surface area contributed by atoms with Crippen molar-refractivity contribution in [3.63, 3.8) is 0 Å². The van der Waals surface area contributed by atoms with Gasteiger partial charge in [-0.3, -0.25) is 0 Å². The highest BCUT2D eigenvalue weighted by atomic mass is 16.5. The number of nitrogens with one attached hydrogen (secondary N) is 1. The fraction of sp³-hybridized carbons (Fsp3) is 0.667. The van der Waals surface area contributed by atoms with Crippen LogP contribution in [0.1, 0.15) is 11.6 Å². The molecular weight excluding hydrogens is 236 g/mol. The van der Waals surface area contributed by atoms with Crippen molar-refractivity contribution in [1.29, 1.82) is 0 Å². The second kappa shape index (κ2) is 6.17. The van der Waals surface area contributed by atoms with Crippen LogP contribution in [0.4, 0.5) is 0 Å². The fourth-order valence-corrected chi connectivity index (χ4v) is 1.45. The summed E-state index contributed by atoms with van der Waals surface area (Å²) in [7, 11) is 3.40. The zero-order chi connectivity index (χ0) is 12.8. The van der Waals surface area contributed by atoms with Crippen LogP contribution in [-0.2, 0) is 24.9 Å². The third-order valence-electron chi connectivity index (χ3n) is 2.30. The number of nitrogens with zero attached hydrogens (tertiary/aromatic N) is 7. The van der Waals surface area contributed by atoms with Gasteiger partial charge in [0.1, 0.15) is 18.7 Å². The molecule has 0 spiro atoms. The summed E-state index contributed by atoms with van der Waals surface area (Å²) in [5.41, 5.74) is 0. The van der Waals surface area contributed by atoms with Crippen LogP contribution >= 0.6 is 0 Å². The Balaban J connectivity index is 1.91. The zero-order valence-corrected chi connectivity index (χ0v) is 10.4. The SMILES string of the molecule is COCCNCc1ncnn1Cc1nnn(C)n1. The maximum Gasteiger partial charge on any atom is 0.196 e. The number of aryl methyl sites for hydroxylation is 1. The monoisotopic (exact) mass is 252 g/mol. The normalized spacial score (nSPS) is 11.0. The van der Waals surface area contributed by atoms with E-state index in [1.54, 1.807) is 18.8 Å². The van der Waals surface area contributed by atoms with Crippen LogP contribution in [0.15, 0.2) is 6.33 Å². The van der Waals surface area contributed by atoms with Crippen LogP contribution in [-0.4, -0.2) is 55.2 Å². The molecule has 2 heterocycles. The third kappa shape index (κ3) is 3.31. The van der Waals surface area contributed by atoms with Crippen LogP contribution in [0, 0.1) is 0 Å². The maximum absolute atomic E-state index is 4.95. The van der Waals surface area contributed by atoms with Gasteiger partial charge in [0.05, 0.1) is 20.2 Å². The molecule has 2 aromatic rings. The zero-order valence-electron chi connectivity index (χ0n) is 10.4. The summed E-state index contributed by atoms with van der Waals surface area (Å²) in [4.78, 5) is 5.60. The van der Waals surface area contributed by atoms with Crippen molar-refractivity contribution >= 4 is 0 Å². The summed E-state index contributed by atoms with van der Waals surface area (Å²) in [5.74, 6) is 1.44. The molecule has 2 rings (SSSR count). The lowest BCUT2D eigenvalue weighted by molar-refractivity contribution is 0.198. The van der Waals surface area contributed by atoms with E-state index in [0.717, 1.165) is 12.4 Å². The van der Waals surface area contributed by atoms with Gasteiger partial charge in [-0.1, -0.05) is 0 Å². The number of rotatable bonds is 7. The molecule has 1 N–H and O–H groups in total. The van der Waals surface area contributed by atoms with Gasteiger partial charge in [-0.05, 0) is 5.21 Å². The molecule has 0 aliphatic heterocycles. The summed E-state index contributed by atoms with van der Waals surface area (Å²) >= 11 is 0. The van der Waals surface area contributed by atoms with Crippen molar-refractivity contribution in [2.45, 2.75) is 13.1 Å². The van der Waals surface area contributed by atoms with Crippen LogP contribution in [0.25, 0.3) is 0 Å². The molecule has 0 bridgehead atoms. The summed E-state index contributed by atoms with van der Waals surface area (Å²) in [6.07, 6.45) is 1.52. The molecule has 0 aliphatic carbocycles. The smallest absolute Gasteiger partial charge is 0.196 e. The Morgan fingerprint density at radius 3 is 3.06 bits per heavy atom. The van der Waals surface area contributed by atoms with Gasteiger partial charge in [0.25, 0.3) is 0 Å². The van der Waals surface area contributed by atoms with Crippen molar-refractivity contribution in [3.8, 4) is 0 Å². The van der Waals surface area contributed by atoms with Crippen LogP contribution in [0.3, 0.4) is 0 Å². The van der Waals surface area contributed by atoms with E-state index >= 15 is 0 Å². The molecule has 0 radical (unpaired) electrons. The minimum atomic E-state index is 0.467. The largest absolute Gasteiger partial charge is 0.383 e. The molecule has 0 saturated heterocycles. The van der Waals surface area contributed by atoms with Gasteiger partial charge in [0, 0.05) is 13.7 Å². The van der Waals surface area contributed by atoms with Crippen LogP contribution in [0.5, 0.6) is 0 Å². The molecule has 98 valence electrons. The van der Waals surface area contributed by atoms with E-state index in [1.807, 2.05) is 0 Å². The molecule has 0 atom stereocenters. The summed E-state index contributed by atoms with van der Waals surface area (Å²) in [6, 6.07) is 0. The van der Waals surface area contributed by atoms with E-state index in [0.29, 0.717) is 25.5 Å². The minimum Gasteiger partial charge on any atom is -0.383 e. The van der Waals surface area contributed by atoms with Gasteiger partial charge in [0.2, 0.25) is 0 Å². The summed E-state index contributed by atoms with van der Waals surface area (Å²) in [5, 5.41) is 19.1. The molecule has 0 fully saturated rings. The Bertz CT molecular complexity index is 478. The summed E-state index contributed by atoms with van der Waals surface area (Å²) < 4.78 is 6.70. The first-order valence-electron chi connectivity index (χ1n) is 5.59. The van der Waals surface area contributed by atoms with Crippen molar-refractivity contribution in [2.24, 2.45) is 7.05 Å². The molecule has 0 amide bonds. The lowest BCUT2D eigenvalue weighted by atomic mass is 10.5. The van der Waals surface area contributed by atoms with Gasteiger partial charge >= 0.3 is 0 Å². The molecule has 0 unspecified atom stereocenters. The molecule has 0 aliphatic rings. The fourth-order valence-electron chi connectivity index (χ4n) is 1.45. The van der Waals surface area contributed by atoms with E-state index in [-0.39, 0.29) is 0 Å². The van der Waals surface area contributed by atoms with Gasteiger partial charge in [-0.15, -0.1) is 10.2 Å². The van der Waals surface area contributed by atoms with E-state index in [9.17, 15) is 0 Å². The molecule has 0 saturated carbocycles. The first-order valence-corrected chi connectivity index (χ1v) is 5.59. The molecule has 2 aromatic heterocycles. The molecule has 9 heteroatoms. The standard InChI is InChI=1S/C9H16N8O/c1-16-14-8(13-15-16)6-17-9(11-7-12-17)5-10-3-4-18-2/h7,10H,3-6H2,1-2H3. The highest BCUT2D eigenvalue weighted by Crippen LogP contribution is 1.97. The predicted octanol–water partition coefficient (Wildman–Crippen LogP) is -1.41. The number of hydrogen-bond acceptors (Lipinski definition) is 7. The van der Waals surface area contributed by atoms with Crippen molar-refractivity contribution in [1.82, 2.24) is 40.3 Å². The first kappa shape index (κ1) is 12.6. The molecule has 0 aromatic carbocycles. The lowest BCUT2D eigenvalue weighted by Crippen LogP contribution is -2.21. The van der Waals surface area contributed by atoms with Gasteiger partial charge in [-0.25, -0.2) is 9.67 Å². The van der Waals surface area contributed by atoms with Crippen molar-refractivity contribution < 1.29 is 4.74 Å². The third-order valence-corrected chi connectivity index (χ3v) is 2.30. The quantitative estimate of drug-likeness (QED) is 0.604.